The summed E-state index contributed by atoms with van der Waals surface area (Å²) in [7, 11) is -3.11. The van der Waals surface area contributed by atoms with E-state index in [0.717, 1.165) is 42.7 Å². The number of hydrogen-bond donors (Lipinski definition) is 1. The van der Waals surface area contributed by atoms with E-state index < -0.39 is 10.0 Å². The minimum atomic E-state index is -3.11. The Labute approximate surface area is 142 Å². The number of nitrogens with one attached hydrogen (secondary N) is 1. The Morgan fingerprint density at radius 1 is 1.17 bits per heavy atom. The summed E-state index contributed by atoms with van der Waals surface area (Å²) >= 11 is 0. The Hall–Kier alpha value is -1.73. The quantitative estimate of drug-likeness (QED) is 0.917. The van der Waals surface area contributed by atoms with E-state index in [9.17, 15) is 8.42 Å². The number of aromatic nitrogens is 2. The maximum absolute atomic E-state index is 11.3. The van der Waals surface area contributed by atoms with Gasteiger partial charge < -0.3 is 4.90 Å². The number of nitrogens with zero attached hydrogens (tertiary/aromatic N) is 3. The van der Waals surface area contributed by atoms with E-state index in [1.54, 1.807) is 6.33 Å². The fourth-order valence-electron chi connectivity index (χ4n) is 4.10. The maximum Gasteiger partial charge on any atom is 0.208 e. The van der Waals surface area contributed by atoms with Crippen LogP contribution in [0.25, 0.3) is 10.9 Å². The van der Waals surface area contributed by atoms with Gasteiger partial charge in [-0.1, -0.05) is 0 Å². The van der Waals surface area contributed by atoms with Crippen LogP contribution >= 0.6 is 0 Å². The first-order chi connectivity index (χ1) is 11.2. The predicted molar refractivity (Wildman–Crippen MR) is 94.7 cm³/mol. The number of aryl methyl sites for hydroxylation is 2. The molecule has 1 spiro atoms. The van der Waals surface area contributed by atoms with Crippen molar-refractivity contribution in [1.29, 1.82) is 0 Å². The molecular weight excluding hydrogens is 324 g/mol. The summed E-state index contributed by atoms with van der Waals surface area (Å²) in [5.74, 6) is 0.994. The molecule has 1 aromatic carbocycles. The van der Waals surface area contributed by atoms with Gasteiger partial charge in [-0.2, -0.15) is 0 Å². The molecule has 128 valence electrons. The first-order valence-electron chi connectivity index (χ1n) is 8.19. The number of anilines is 1. The Bertz CT molecular complexity index is 912. The average Bonchev–Trinajstić information content (AvgIpc) is 2.40. The Kier molecular flexibility index (Phi) is 3.37. The Morgan fingerprint density at radius 3 is 2.50 bits per heavy atom. The zero-order valence-electron chi connectivity index (χ0n) is 14.2. The number of rotatable bonds is 3. The van der Waals surface area contributed by atoms with Crippen LogP contribution in [0, 0.1) is 19.3 Å². The van der Waals surface area contributed by atoms with Gasteiger partial charge in [0.2, 0.25) is 10.0 Å². The highest BCUT2D eigenvalue weighted by Gasteiger charge is 2.53. The minimum Gasteiger partial charge on any atom is -0.355 e. The fourth-order valence-corrected chi connectivity index (χ4v) is 4.87. The van der Waals surface area contributed by atoms with Crippen LogP contribution in [0.3, 0.4) is 0 Å². The molecule has 7 heteroatoms. The molecule has 0 unspecified atom stereocenters. The van der Waals surface area contributed by atoms with Crippen molar-refractivity contribution < 1.29 is 8.42 Å². The summed E-state index contributed by atoms with van der Waals surface area (Å²) in [6.07, 6.45) is 4.68. The van der Waals surface area contributed by atoms with E-state index in [0.29, 0.717) is 0 Å². The molecule has 0 radical (unpaired) electrons. The standard InChI is InChI=1S/C17H22N4O2S/c1-11-4-14-15(5-12(11)2)18-10-19-16(14)21-8-17(9-21)6-13(7-17)20-24(3,22)23/h4-5,10,13,20H,6-9H2,1-3H3. The lowest BCUT2D eigenvalue weighted by molar-refractivity contribution is 0.0587. The topological polar surface area (TPSA) is 75.2 Å². The average molecular weight is 346 g/mol. The molecule has 2 heterocycles. The minimum absolute atomic E-state index is 0.0918. The lowest BCUT2D eigenvalue weighted by Crippen LogP contribution is -2.66. The van der Waals surface area contributed by atoms with Crippen LogP contribution in [0.5, 0.6) is 0 Å². The summed E-state index contributed by atoms with van der Waals surface area (Å²) in [6.45, 7) is 6.08. The highest BCUT2D eigenvalue weighted by atomic mass is 32.2. The van der Waals surface area contributed by atoms with Crippen LogP contribution in [0.15, 0.2) is 18.5 Å². The van der Waals surface area contributed by atoms with Crippen molar-refractivity contribution in [3.63, 3.8) is 0 Å². The third-order valence-corrected chi connectivity index (χ3v) is 6.08. The van der Waals surface area contributed by atoms with Crippen molar-refractivity contribution in [1.82, 2.24) is 14.7 Å². The molecule has 1 aliphatic carbocycles. The molecular formula is C17H22N4O2S. The second-order valence-corrected chi connectivity index (χ2v) is 9.28. The van der Waals surface area contributed by atoms with Gasteiger partial charge in [0.05, 0.1) is 11.8 Å². The van der Waals surface area contributed by atoms with Gasteiger partial charge in [0.15, 0.2) is 0 Å². The van der Waals surface area contributed by atoms with E-state index in [1.165, 1.54) is 17.4 Å². The van der Waals surface area contributed by atoms with Crippen molar-refractivity contribution in [2.45, 2.75) is 32.7 Å². The predicted octanol–water partition coefficient (Wildman–Crippen LogP) is 1.76. The van der Waals surface area contributed by atoms with E-state index in [2.05, 4.69) is 45.6 Å². The number of benzene rings is 1. The van der Waals surface area contributed by atoms with Crippen LogP contribution < -0.4 is 9.62 Å². The van der Waals surface area contributed by atoms with Crippen molar-refractivity contribution in [3.8, 4) is 0 Å². The second-order valence-electron chi connectivity index (χ2n) is 7.50. The monoisotopic (exact) mass is 346 g/mol. The third kappa shape index (κ3) is 2.65. The number of sulfonamides is 1. The Morgan fingerprint density at radius 2 is 1.83 bits per heavy atom. The van der Waals surface area contributed by atoms with Gasteiger partial charge in [-0.25, -0.2) is 23.1 Å². The first kappa shape index (κ1) is 15.8. The zero-order valence-corrected chi connectivity index (χ0v) is 15.0. The van der Waals surface area contributed by atoms with Gasteiger partial charge in [-0.3, -0.25) is 0 Å². The van der Waals surface area contributed by atoms with Crippen molar-refractivity contribution in [2.24, 2.45) is 5.41 Å². The van der Waals surface area contributed by atoms with Crippen molar-refractivity contribution in [3.05, 3.63) is 29.6 Å². The molecule has 1 aromatic heterocycles. The molecule has 24 heavy (non-hydrogen) atoms. The first-order valence-corrected chi connectivity index (χ1v) is 10.1. The van der Waals surface area contributed by atoms with E-state index in [1.807, 2.05) is 0 Å². The van der Waals surface area contributed by atoms with Crippen molar-refractivity contribution in [2.75, 3.05) is 24.2 Å². The summed E-state index contributed by atoms with van der Waals surface area (Å²) < 4.78 is 25.3. The lowest BCUT2D eigenvalue weighted by atomic mass is 9.61. The SMILES string of the molecule is Cc1cc2ncnc(N3CC4(CC(NS(C)(=O)=O)C4)C3)c2cc1C. The van der Waals surface area contributed by atoms with Crippen LogP contribution in [0.2, 0.25) is 0 Å². The van der Waals surface area contributed by atoms with Gasteiger partial charge in [0, 0.05) is 29.9 Å². The number of hydrogen-bond acceptors (Lipinski definition) is 5. The summed E-state index contributed by atoms with van der Waals surface area (Å²) in [5.41, 5.74) is 3.71. The normalized spacial score (nSPS) is 20.2. The highest BCUT2D eigenvalue weighted by molar-refractivity contribution is 7.88. The van der Waals surface area contributed by atoms with Crippen LogP contribution in [-0.2, 0) is 10.0 Å². The lowest BCUT2D eigenvalue weighted by Gasteiger charge is -2.59. The Balaban J connectivity index is 1.50. The van der Waals surface area contributed by atoms with E-state index in [-0.39, 0.29) is 11.5 Å². The molecule has 6 nitrogen and oxygen atoms in total. The summed E-state index contributed by atoms with van der Waals surface area (Å²) in [4.78, 5) is 11.2. The molecule has 1 saturated carbocycles. The molecule has 0 amide bonds. The van der Waals surface area contributed by atoms with Crippen LogP contribution in [-0.4, -0.2) is 43.8 Å². The summed E-state index contributed by atoms with van der Waals surface area (Å²) in [5, 5.41) is 1.10. The van der Waals surface area contributed by atoms with Gasteiger partial charge in [-0.15, -0.1) is 0 Å². The maximum atomic E-state index is 11.3. The molecule has 2 aromatic rings. The van der Waals surface area contributed by atoms with Crippen molar-refractivity contribution >= 4 is 26.7 Å². The molecule has 1 aliphatic heterocycles. The molecule has 0 atom stereocenters. The molecule has 2 aliphatic rings. The van der Waals surface area contributed by atoms with Crippen LogP contribution in [0.1, 0.15) is 24.0 Å². The summed E-state index contributed by atoms with van der Waals surface area (Å²) in [6, 6.07) is 4.37. The third-order valence-electron chi connectivity index (χ3n) is 5.32. The molecule has 4 rings (SSSR count). The molecule has 1 saturated heterocycles. The van der Waals surface area contributed by atoms with Crippen LogP contribution in [0.4, 0.5) is 5.82 Å². The van der Waals surface area contributed by atoms with Gasteiger partial charge in [0.25, 0.3) is 0 Å². The second kappa shape index (κ2) is 5.13. The molecule has 1 N–H and O–H groups in total. The van der Waals surface area contributed by atoms with E-state index >= 15 is 0 Å². The smallest absolute Gasteiger partial charge is 0.208 e. The fraction of sp³-hybridized carbons (Fsp3) is 0.529. The number of fused-ring (bicyclic) bond motifs is 1. The van der Waals surface area contributed by atoms with E-state index in [4.69, 9.17) is 0 Å². The largest absolute Gasteiger partial charge is 0.355 e. The molecule has 0 bridgehead atoms. The van der Waals surface area contributed by atoms with Gasteiger partial charge >= 0.3 is 0 Å². The van der Waals surface area contributed by atoms with Gasteiger partial charge in [0.1, 0.15) is 12.1 Å². The highest BCUT2D eigenvalue weighted by Crippen LogP contribution is 2.50. The zero-order chi connectivity index (χ0) is 17.1. The molecule has 2 fully saturated rings. The van der Waals surface area contributed by atoms with Gasteiger partial charge in [-0.05, 0) is 49.9 Å².